The predicted octanol–water partition coefficient (Wildman–Crippen LogP) is 2.64. The van der Waals surface area contributed by atoms with Crippen LogP contribution in [0.15, 0.2) is 38.4 Å². The molecule has 2 aromatic rings. The summed E-state index contributed by atoms with van der Waals surface area (Å²) < 4.78 is 13.0. The lowest BCUT2D eigenvalue weighted by Gasteiger charge is -2.35. The zero-order valence-electron chi connectivity index (χ0n) is 13.6. The molecule has 22 heavy (non-hydrogen) atoms. The van der Waals surface area contributed by atoms with Gasteiger partial charge < -0.3 is 8.84 Å². The molecule has 0 aliphatic heterocycles. The summed E-state index contributed by atoms with van der Waals surface area (Å²) in [6.45, 7) is 11.2. The number of hydrogen-bond donors (Lipinski definition) is 1. The van der Waals surface area contributed by atoms with Gasteiger partial charge in [0, 0.05) is 18.3 Å². The molecule has 0 aliphatic carbocycles. The second-order valence-electron chi connectivity index (χ2n) is 6.77. The Hall–Kier alpha value is -1.86. The van der Waals surface area contributed by atoms with Gasteiger partial charge in [-0.2, -0.15) is 0 Å². The summed E-state index contributed by atoms with van der Waals surface area (Å²) in [5, 5.41) is 0.123. The lowest BCUT2D eigenvalue weighted by atomic mass is 10.2. The van der Waals surface area contributed by atoms with E-state index in [2.05, 4.69) is 38.8 Å². The van der Waals surface area contributed by atoms with Crippen LogP contribution in [0.3, 0.4) is 0 Å². The van der Waals surface area contributed by atoms with Gasteiger partial charge in [-0.15, -0.1) is 0 Å². The molecule has 0 amide bonds. The molecule has 0 aliphatic rings. The topological polar surface area (TPSA) is 77.2 Å². The smallest absolute Gasteiger partial charge is 0.335 e. The predicted molar refractivity (Wildman–Crippen MR) is 86.9 cm³/mol. The van der Waals surface area contributed by atoms with E-state index in [9.17, 15) is 9.59 Å². The number of nitrogens with zero attached hydrogens (tertiary/aromatic N) is 1. The van der Waals surface area contributed by atoms with E-state index < -0.39 is 19.6 Å². The number of aromatic nitrogens is 2. The van der Waals surface area contributed by atoms with Crippen LogP contribution in [0.2, 0.25) is 18.1 Å². The van der Waals surface area contributed by atoms with Gasteiger partial charge in [-0.25, -0.2) is 9.36 Å². The summed E-state index contributed by atoms with van der Waals surface area (Å²) in [6.07, 6.45) is 1.39. The molecule has 0 atom stereocenters. The third kappa shape index (κ3) is 3.48. The fourth-order valence-corrected chi connectivity index (χ4v) is 2.57. The van der Waals surface area contributed by atoms with Crippen LogP contribution in [-0.4, -0.2) is 17.9 Å². The summed E-state index contributed by atoms with van der Waals surface area (Å²) >= 11 is 0. The summed E-state index contributed by atoms with van der Waals surface area (Å²) in [5.41, 5.74) is -0.965. The third-order valence-electron chi connectivity index (χ3n) is 4.09. The molecular weight excluding hydrogens is 300 g/mol. The van der Waals surface area contributed by atoms with E-state index in [1.54, 1.807) is 12.1 Å². The van der Waals surface area contributed by atoms with E-state index in [4.69, 9.17) is 8.84 Å². The number of H-pyrrole nitrogens is 1. The second-order valence-corrected chi connectivity index (χ2v) is 11.6. The molecule has 0 saturated heterocycles. The molecule has 2 aromatic heterocycles. The van der Waals surface area contributed by atoms with Crippen molar-refractivity contribution in [2.45, 2.75) is 45.5 Å². The molecule has 2 heterocycles. The summed E-state index contributed by atoms with van der Waals surface area (Å²) in [5.74, 6) is 1.01. The Kier molecular flexibility index (Phi) is 4.30. The minimum absolute atomic E-state index is 0.123. The first kappa shape index (κ1) is 16.5. The van der Waals surface area contributed by atoms with Gasteiger partial charge in [0.25, 0.3) is 5.56 Å². The van der Waals surface area contributed by atoms with Crippen molar-refractivity contribution in [1.82, 2.24) is 9.55 Å². The van der Waals surface area contributed by atoms with Crippen molar-refractivity contribution in [2.24, 2.45) is 0 Å². The zero-order chi connectivity index (χ0) is 16.5. The van der Waals surface area contributed by atoms with Crippen LogP contribution in [-0.2, 0) is 11.0 Å². The number of rotatable bonds is 4. The normalized spacial score (nSPS) is 12.6. The lowest BCUT2D eigenvalue weighted by Crippen LogP contribution is -2.40. The Labute approximate surface area is 129 Å². The van der Waals surface area contributed by atoms with Gasteiger partial charge in [-0.3, -0.25) is 9.78 Å². The fraction of sp³-hybridized carbons (Fsp3) is 0.467. The van der Waals surface area contributed by atoms with Gasteiger partial charge in [0.05, 0.1) is 6.61 Å². The molecule has 6 nitrogen and oxygen atoms in total. The van der Waals surface area contributed by atoms with Crippen LogP contribution in [0.25, 0.3) is 5.88 Å². The van der Waals surface area contributed by atoms with Crippen LogP contribution in [0.4, 0.5) is 0 Å². The fourth-order valence-electron chi connectivity index (χ4n) is 1.63. The Morgan fingerprint density at radius 3 is 2.50 bits per heavy atom. The summed E-state index contributed by atoms with van der Waals surface area (Å²) in [7, 11) is -1.85. The first-order valence-electron chi connectivity index (χ1n) is 7.15. The third-order valence-corrected chi connectivity index (χ3v) is 8.57. The maximum absolute atomic E-state index is 11.7. The number of aromatic amines is 1. The van der Waals surface area contributed by atoms with Gasteiger partial charge in [0.2, 0.25) is 5.88 Å². The lowest BCUT2D eigenvalue weighted by molar-refractivity contribution is 0.245. The monoisotopic (exact) mass is 322 g/mol. The van der Waals surface area contributed by atoms with Gasteiger partial charge >= 0.3 is 5.69 Å². The maximum atomic E-state index is 11.7. The minimum Gasteiger partial charge on any atom is -0.442 e. The van der Waals surface area contributed by atoms with E-state index in [-0.39, 0.29) is 5.04 Å². The van der Waals surface area contributed by atoms with Crippen molar-refractivity contribution < 1.29 is 8.84 Å². The van der Waals surface area contributed by atoms with Crippen molar-refractivity contribution in [2.75, 3.05) is 0 Å². The first-order valence-corrected chi connectivity index (χ1v) is 10.1. The molecule has 120 valence electrons. The number of hydrogen-bond acceptors (Lipinski definition) is 4. The largest absolute Gasteiger partial charge is 0.442 e. The van der Waals surface area contributed by atoms with Crippen molar-refractivity contribution in [3.05, 3.63) is 51.0 Å². The Balaban J connectivity index is 2.16. The quantitative estimate of drug-likeness (QED) is 0.878. The minimum atomic E-state index is -1.85. The molecule has 1 N–H and O–H groups in total. The van der Waals surface area contributed by atoms with Crippen molar-refractivity contribution in [1.29, 1.82) is 0 Å². The van der Waals surface area contributed by atoms with Gasteiger partial charge in [0.15, 0.2) is 8.32 Å². The Morgan fingerprint density at radius 2 is 1.91 bits per heavy atom. The van der Waals surface area contributed by atoms with Crippen LogP contribution in [0.5, 0.6) is 0 Å². The summed E-state index contributed by atoms with van der Waals surface area (Å²) in [6, 6.07) is 4.74. The van der Waals surface area contributed by atoms with Crippen LogP contribution >= 0.6 is 0 Å². The zero-order valence-corrected chi connectivity index (χ0v) is 14.6. The Bertz CT molecular complexity index is 765. The molecule has 2 rings (SSSR count). The molecule has 0 saturated carbocycles. The molecule has 0 spiro atoms. The highest BCUT2D eigenvalue weighted by Gasteiger charge is 2.37. The molecular formula is C15H22N2O4Si. The molecule has 0 aromatic carbocycles. The second kappa shape index (κ2) is 5.73. The molecule has 7 heteroatoms. The van der Waals surface area contributed by atoms with E-state index in [0.717, 1.165) is 0 Å². The van der Waals surface area contributed by atoms with Gasteiger partial charge in [0.1, 0.15) is 5.76 Å². The molecule has 0 fully saturated rings. The standard InChI is InChI=1S/C15H22N2O4Si/c1-15(2,3)22(4,5)20-10-11-6-7-13(21-11)17-9-8-12(18)16-14(17)19/h6-9H,10H2,1-5H3,(H,16,18,19). The van der Waals surface area contributed by atoms with Crippen molar-refractivity contribution >= 4 is 8.32 Å². The van der Waals surface area contributed by atoms with Crippen molar-refractivity contribution in [3.63, 3.8) is 0 Å². The van der Waals surface area contributed by atoms with E-state index in [1.165, 1.54) is 16.8 Å². The maximum Gasteiger partial charge on any atom is 0.335 e. The average molecular weight is 322 g/mol. The molecule has 0 bridgehead atoms. The van der Waals surface area contributed by atoms with E-state index >= 15 is 0 Å². The van der Waals surface area contributed by atoms with Gasteiger partial charge in [-0.1, -0.05) is 20.8 Å². The summed E-state index contributed by atoms with van der Waals surface area (Å²) in [4.78, 5) is 25.0. The molecule has 0 unspecified atom stereocenters. The molecule has 0 radical (unpaired) electrons. The van der Waals surface area contributed by atoms with E-state index in [1.807, 2.05) is 0 Å². The van der Waals surface area contributed by atoms with Crippen LogP contribution < -0.4 is 11.2 Å². The van der Waals surface area contributed by atoms with Crippen LogP contribution in [0, 0.1) is 0 Å². The number of nitrogens with one attached hydrogen (secondary N) is 1. The average Bonchev–Trinajstić information content (AvgIpc) is 2.83. The number of furan rings is 1. The first-order chi connectivity index (χ1) is 10.1. The van der Waals surface area contributed by atoms with Gasteiger partial charge in [-0.05, 0) is 24.2 Å². The highest BCUT2D eigenvalue weighted by atomic mass is 28.4. The van der Waals surface area contributed by atoms with Crippen molar-refractivity contribution in [3.8, 4) is 5.88 Å². The highest BCUT2D eigenvalue weighted by molar-refractivity contribution is 6.74. The van der Waals surface area contributed by atoms with E-state index in [0.29, 0.717) is 18.3 Å². The highest BCUT2D eigenvalue weighted by Crippen LogP contribution is 2.37. The Morgan fingerprint density at radius 1 is 1.23 bits per heavy atom. The van der Waals surface area contributed by atoms with Crippen LogP contribution in [0.1, 0.15) is 26.5 Å². The SMILES string of the molecule is CC(C)(C)[Si](C)(C)OCc1ccc(-n2ccc(=O)[nH]c2=O)o1.